The van der Waals surface area contributed by atoms with Gasteiger partial charge in [-0.05, 0) is 32.9 Å². The Balaban J connectivity index is 2.03. The number of rotatable bonds is 7. The lowest BCUT2D eigenvalue weighted by atomic mass is 10.1. The highest BCUT2D eigenvalue weighted by Gasteiger charge is 2.17. The Hall–Kier alpha value is -2.21. The van der Waals surface area contributed by atoms with E-state index in [1.165, 1.54) is 0 Å². The quantitative estimate of drug-likeness (QED) is 0.785. The second-order valence-electron chi connectivity index (χ2n) is 5.28. The van der Waals surface area contributed by atoms with Gasteiger partial charge < -0.3 is 14.6 Å². The third-order valence-electron chi connectivity index (χ3n) is 3.42. The summed E-state index contributed by atoms with van der Waals surface area (Å²) in [6.45, 7) is 8.39. The summed E-state index contributed by atoms with van der Waals surface area (Å²) in [6, 6.07) is 7.95. The summed E-state index contributed by atoms with van der Waals surface area (Å²) >= 11 is 0. The van der Waals surface area contributed by atoms with Crippen molar-refractivity contribution < 1.29 is 14.1 Å². The van der Waals surface area contributed by atoms with Crippen molar-refractivity contribution >= 4 is 5.91 Å². The monoisotopic (exact) mass is 303 g/mol. The lowest BCUT2D eigenvalue weighted by Crippen LogP contribution is -3.11. The molecule has 1 aromatic heterocycles. The van der Waals surface area contributed by atoms with Crippen molar-refractivity contribution in [3.05, 3.63) is 35.7 Å². The van der Waals surface area contributed by atoms with Gasteiger partial charge in [-0.3, -0.25) is 4.79 Å². The third-order valence-corrected chi connectivity index (χ3v) is 3.42. The van der Waals surface area contributed by atoms with E-state index >= 15 is 0 Å². The van der Waals surface area contributed by atoms with Gasteiger partial charge in [0.05, 0.1) is 6.54 Å². The molecule has 6 heteroatoms. The van der Waals surface area contributed by atoms with Gasteiger partial charge in [0.1, 0.15) is 0 Å². The minimum absolute atomic E-state index is 0.0396. The van der Waals surface area contributed by atoms with Gasteiger partial charge >= 0.3 is 0 Å². The Labute approximate surface area is 130 Å². The van der Waals surface area contributed by atoms with Crippen molar-refractivity contribution in [3.8, 4) is 11.5 Å². The van der Waals surface area contributed by atoms with E-state index in [2.05, 4.69) is 15.5 Å². The van der Waals surface area contributed by atoms with E-state index in [1.54, 1.807) is 0 Å². The molecule has 1 unspecified atom stereocenters. The van der Waals surface area contributed by atoms with Gasteiger partial charge in [-0.15, -0.1) is 10.2 Å². The lowest BCUT2D eigenvalue weighted by molar-refractivity contribution is -0.905. The van der Waals surface area contributed by atoms with E-state index < -0.39 is 0 Å². The molecule has 6 nitrogen and oxygen atoms in total. The van der Waals surface area contributed by atoms with Crippen LogP contribution in [-0.2, 0) is 11.3 Å². The van der Waals surface area contributed by atoms with E-state index in [-0.39, 0.29) is 5.91 Å². The smallest absolute Gasteiger partial charge is 0.275 e. The Morgan fingerprint density at radius 1 is 1.32 bits per heavy atom. The van der Waals surface area contributed by atoms with Crippen LogP contribution < -0.4 is 10.2 Å². The van der Waals surface area contributed by atoms with Gasteiger partial charge in [0, 0.05) is 12.1 Å². The number of benzene rings is 1. The molecule has 1 heterocycles. The predicted octanol–water partition coefficient (Wildman–Crippen LogP) is 0.586. The number of carbonyl (C=O) groups is 1. The first kappa shape index (κ1) is 16.2. The molecular formula is C16H23N4O2+. The van der Waals surface area contributed by atoms with Crippen molar-refractivity contribution in [2.24, 2.45) is 0 Å². The van der Waals surface area contributed by atoms with Crippen LogP contribution in [0.5, 0.6) is 0 Å². The summed E-state index contributed by atoms with van der Waals surface area (Å²) in [5.41, 5.74) is 2.06. The first-order chi connectivity index (χ1) is 10.6. The molecule has 0 bridgehead atoms. The largest absolute Gasteiger partial charge is 0.415 e. The fraction of sp³-hybridized carbons (Fsp3) is 0.438. The van der Waals surface area contributed by atoms with Crippen molar-refractivity contribution in [1.29, 1.82) is 0 Å². The van der Waals surface area contributed by atoms with Crippen LogP contribution in [-0.4, -0.2) is 35.7 Å². The Kier molecular flexibility index (Phi) is 5.66. The number of nitrogens with zero attached hydrogens (tertiary/aromatic N) is 2. The van der Waals surface area contributed by atoms with Crippen LogP contribution >= 0.6 is 0 Å². The average molecular weight is 303 g/mol. The summed E-state index contributed by atoms with van der Waals surface area (Å²) in [4.78, 5) is 12.8. The SMILES string of the molecule is CCNC(=O)C[NH+](CC)Cc1nnc(-c2cccc(C)c2)o1. The highest BCUT2D eigenvalue weighted by atomic mass is 16.4. The number of hydrogen-bond donors (Lipinski definition) is 2. The van der Waals surface area contributed by atoms with Gasteiger partial charge in [-0.1, -0.05) is 17.7 Å². The van der Waals surface area contributed by atoms with E-state index in [0.29, 0.717) is 31.4 Å². The molecule has 0 aliphatic carbocycles. The molecule has 0 saturated carbocycles. The van der Waals surface area contributed by atoms with E-state index in [1.807, 2.05) is 45.0 Å². The molecule has 2 aromatic rings. The first-order valence-electron chi connectivity index (χ1n) is 7.62. The number of quaternary nitrogens is 1. The molecule has 2 N–H and O–H groups in total. The maximum Gasteiger partial charge on any atom is 0.275 e. The summed E-state index contributed by atoms with van der Waals surface area (Å²) < 4.78 is 5.72. The lowest BCUT2D eigenvalue weighted by Gasteiger charge is -2.14. The molecular weight excluding hydrogens is 280 g/mol. The Bertz CT molecular complexity index is 624. The number of aryl methyl sites for hydroxylation is 1. The zero-order chi connectivity index (χ0) is 15.9. The summed E-state index contributed by atoms with van der Waals surface area (Å²) in [7, 11) is 0. The molecule has 1 aromatic carbocycles. The van der Waals surface area contributed by atoms with Gasteiger partial charge in [0.25, 0.3) is 11.8 Å². The highest BCUT2D eigenvalue weighted by molar-refractivity contribution is 5.76. The second kappa shape index (κ2) is 7.70. The first-order valence-corrected chi connectivity index (χ1v) is 7.62. The number of nitrogens with one attached hydrogen (secondary N) is 2. The molecule has 0 saturated heterocycles. The van der Waals surface area contributed by atoms with Gasteiger partial charge in [-0.25, -0.2) is 0 Å². The number of aromatic nitrogens is 2. The molecule has 118 valence electrons. The van der Waals surface area contributed by atoms with Crippen LogP contribution in [0.4, 0.5) is 0 Å². The third kappa shape index (κ3) is 4.39. The Morgan fingerprint density at radius 3 is 2.82 bits per heavy atom. The number of carbonyl (C=O) groups excluding carboxylic acids is 1. The van der Waals surface area contributed by atoms with Crippen LogP contribution in [0.1, 0.15) is 25.3 Å². The predicted molar refractivity (Wildman–Crippen MR) is 83.2 cm³/mol. The molecule has 0 radical (unpaired) electrons. The molecule has 0 fully saturated rings. The van der Waals surface area contributed by atoms with Crippen LogP contribution in [0.25, 0.3) is 11.5 Å². The van der Waals surface area contributed by atoms with Crippen molar-refractivity contribution in [2.75, 3.05) is 19.6 Å². The summed E-state index contributed by atoms with van der Waals surface area (Å²) in [5.74, 6) is 1.11. The molecule has 2 rings (SSSR count). The molecule has 22 heavy (non-hydrogen) atoms. The molecule has 1 amide bonds. The summed E-state index contributed by atoms with van der Waals surface area (Å²) in [6.07, 6.45) is 0. The summed E-state index contributed by atoms with van der Waals surface area (Å²) in [5, 5.41) is 11.0. The van der Waals surface area contributed by atoms with Crippen molar-refractivity contribution in [2.45, 2.75) is 27.3 Å². The number of likely N-dealkylation sites (N-methyl/N-ethyl adjacent to an activating group) is 2. The fourth-order valence-corrected chi connectivity index (χ4v) is 2.23. The van der Waals surface area contributed by atoms with Crippen molar-refractivity contribution in [1.82, 2.24) is 15.5 Å². The van der Waals surface area contributed by atoms with Gasteiger partial charge in [-0.2, -0.15) is 0 Å². The maximum absolute atomic E-state index is 11.7. The maximum atomic E-state index is 11.7. The minimum atomic E-state index is 0.0396. The minimum Gasteiger partial charge on any atom is -0.415 e. The molecule has 0 spiro atoms. The van der Waals surface area contributed by atoms with E-state index in [9.17, 15) is 4.79 Å². The van der Waals surface area contributed by atoms with E-state index in [4.69, 9.17) is 4.42 Å². The Morgan fingerprint density at radius 2 is 2.14 bits per heavy atom. The average Bonchev–Trinajstić information content (AvgIpc) is 2.95. The van der Waals surface area contributed by atoms with Gasteiger partial charge in [0.15, 0.2) is 13.1 Å². The number of amides is 1. The zero-order valence-corrected chi connectivity index (χ0v) is 13.3. The molecule has 0 aliphatic rings. The topological polar surface area (TPSA) is 72.5 Å². The molecule has 0 aliphatic heterocycles. The van der Waals surface area contributed by atoms with Gasteiger partial charge in [0.2, 0.25) is 5.89 Å². The fourth-order valence-electron chi connectivity index (χ4n) is 2.23. The van der Waals surface area contributed by atoms with E-state index in [0.717, 1.165) is 22.6 Å². The standard InChI is InChI=1S/C16H22N4O2/c1-4-17-14(21)10-20(5-2)11-15-18-19-16(22-15)13-8-6-7-12(3)9-13/h6-9H,4-5,10-11H2,1-3H3,(H,17,21)/p+1. The van der Waals surface area contributed by atoms with Crippen LogP contribution in [0.2, 0.25) is 0 Å². The highest BCUT2D eigenvalue weighted by Crippen LogP contribution is 2.18. The van der Waals surface area contributed by atoms with Crippen LogP contribution in [0, 0.1) is 6.92 Å². The number of hydrogen-bond acceptors (Lipinski definition) is 4. The molecule has 1 atom stereocenters. The van der Waals surface area contributed by atoms with Crippen molar-refractivity contribution in [3.63, 3.8) is 0 Å². The zero-order valence-electron chi connectivity index (χ0n) is 13.3. The second-order valence-corrected chi connectivity index (χ2v) is 5.28. The van der Waals surface area contributed by atoms with Crippen LogP contribution in [0.15, 0.2) is 28.7 Å². The normalized spacial score (nSPS) is 12.1. The van der Waals surface area contributed by atoms with Crippen LogP contribution in [0.3, 0.4) is 0 Å².